The third kappa shape index (κ3) is 5.88. The van der Waals surface area contributed by atoms with Gasteiger partial charge in [0.15, 0.2) is 5.79 Å². The minimum Gasteiger partial charge on any atom is -0.384 e. The largest absolute Gasteiger partial charge is 0.384 e. The summed E-state index contributed by atoms with van der Waals surface area (Å²) in [5.74, 6) is -1.24. The van der Waals surface area contributed by atoms with Gasteiger partial charge >= 0.3 is 0 Å². The highest BCUT2D eigenvalue weighted by Gasteiger charge is 2.41. The Labute approximate surface area is 276 Å². The lowest BCUT2D eigenvalue weighted by Crippen LogP contribution is -2.68. The molecular formula is C38H42N8O. The number of hydrogen-bond acceptors (Lipinski definition) is 8. The van der Waals surface area contributed by atoms with Crippen LogP contribution >= 0.6 is 0 Å². The van der Waals surface area contributed by atoms with Crippen molar-refractivity contribution in [2.45, 2.75) is 57.4 Å². The molecule has 0 spiro atoms. The first-order chi connectivity index (χ1) is 22.7. The number of nitrogens with zero attached hydrogens (tertiary/aromatic N) is 3. The molecule has 2 aromatic carbocycles. The molecule has 240 valence electrons. The number of rotatable bonds is 9. The Bertz CT molecular complexity index is 1740. The number of allylic oxidation sites excluding steroid dienone is 2. The Kier molecular flexibility index (Phi) is 7.82. The van der Waals surface area contributed by atoms with Crippen molar-refractivity contribution in [3.63, 3.8) is 0 Å². The lowest BCUT2D eigenvalue weighted by atomic mass is 9.86. The second-order valence-corrected chi connectivity index (χ2v) is 13.8. The fraction of sp³-hybridized carbons (Fsp3) is 0.289. The monoisotopic (exact) mass is 626 g/mol. The molecular weight excluding hydrogens is 584 g/mol. The van der Waals surface area contributed by atoms with Crippen LogP contribution < -0.4 is 31.5 Å². The van der Waals surface area contributed by atoms with Gasteiger partial charge in [-0.15, -0.1) is 0 Å². The Balaban J connectivity index is 1.31. The van der Waals surface area contributed by atoms with Gasteiger partial charge in [0, 0.05) is 73.2 Å². The molecule has 0 bridgehead atoms. The molecule has 0 saturated carbocycles. The summed E-state index contributed by atoms with van der Waals surface area (Å²) in [6.45, 7) is 11.6. The molecule has 0 unspecified atom stereocenters. The third-order valence-corrected chi connectivity index (χ3v) is 9.53. The predicted octanol–water partition coefficient (Wildman–Crippen LogP) is 5.82. The number of amides is 1. The van der Waals surface area contributed by atoms with Crippen LogP contribution in [0.1, 0.15) is 49.9 Å². The number of aromatic nitrogens is 2. The van der Waals surface area contributed by atoms with Crippen LogP contribution in [0.25, 0.3) is 0 Å². The molecule has 9 heteroatoms. The summed E-state index contributed by atoms with van der Waals surface area (Å²) in [7, 11) is 0. The highest BCUT2D eigenvalue weighted by molar-refractivity contribution is 6.12. The summed E-state index contributed by atoms with van der Waals surface area (Å²) in [5.41, 5.74) is 8.84. The average Bonchev–Trinajstić information content (AvgIpc) is 3.57. The summed E-state index contributed by atoms with van der Waals surface area (Å²) in [4.78, 5) is 25.4. The lowest BCUT2D eigenvalue weighted by Gasteiger charge is -2.41. The Hall–Kier alpha value is -4.99. The second kappa shape index (κ2) is 12.0. The molecule has 0 radical (unpaired) electrons. The molecule has 0 atom stereocenters. The van der Waals surface area contributed by atoms with Gasteiger partial charge in [-0.05, 0) is 89.1 Å². The zero-order valence-corrected chi connectivity index (χ0v) is 27.4. The Morgan fingerprint density at radius 2 is 1.23 bits per heavy atom. The van der Waals surface area contributed by atoms with Crippen LogP contribution in [0.4, 0.5) is 22.7 Å². The Morgan fingerprint density at radius 1 is 0.745 bits per heavy atom. The van der Waals surface area contributed by atoms with Gasteiger partial charge in [-0.3, -0.25) is 30.3 Å². The van der Waals surface area contributed by atoms with Gasteiger partial charge in [0.25, 0.3) is 5.91 Å². The van der Waals surface area contributed by atoms with E-state index in [1.807, 2.05) is 47.5 Å². The van der Waals surface area contributed by atoms with Crippen molar-refractivity contribution >= 4 is 28.7 Å². The summed E-state index contributed by atoms with van der Waals surface area (Å²) < 4.78 is 0. The van der Waals surface area contributed by atoms with E-state index in [0.29, 0.717) is 18.7 Å². The number of fused-ring (bicyclic) bond motifs is 2. The number of carbonyl (C=O) groups excluding carboxylic acids is 1. The van der Waals surface area contributed by atoms with Crippen molar-refractivity contribution in [2.24, 2.45) is 0 Å². The third-order valence-electron chi connectivity index (χ3n) is 9.53. The summed E-state index contributed by atoms with van der Waals surface area (Å²) >= 11 is 0. The Morgan fingerprint density at radius 3 is 1.72 bits per heavy atom. The van der Waals surface area contributed by atoms with Gasteiger partial charge in [-0.1, -0.05) is 39.8 Å². The van der Waals surface area contributed by atoms with E-state index in [1.54, 1.807) is 24.8 Å². The normalized spacial score (nSPS) is 17.8. The average molecular weight is 627 g/mol. The molecule has 1 amide bonds. The predicted molar refractivity (Wildman–Crippen MR) is 188 cm³/mol. The molecule has 0 aliphatic carbocycles. The van der Waals surface area contributed by atoms with Gasteiger partial charge in [-0.25, -0.2) is 0 Å². The van der Waals surface area contributed by atoms with Gasteiger partial charge in [-0.2, -0.15) is 0 Å². The maximum atomic E-state index is 15.2. The maximum Gasteiger partial charge on any atom is 0.263 e. The molecule has 2 aromatic heterocycles. The number of dihydropyridines is 1. The van der Waals surface area contributed by atoms with Gasteiger partial charge < -0.3 is 16.0 Å². The molecule has 3 aliphatic rings. The van der Waals surface area contributed by atoms with E-state index < -0.39 is 5.79 Å². The van der Waals surface area contributed by atoms with Crippen molar-refractivity contribution in [3.8, 4) is 0 Å². The molecule has 4 aromatic rings. The number of anilines is 4. The molecule has 47 heavy (non-hydrogen) atoms. The van der Waals surface area contributed by atoms with E-state index >= 15 is 4.79 Å². The number of hydrogen-bond donors (Lipinski definition) is 5. The first-order valence-corrected chi connectivity index (χ1v) is 16.2. The van der Waals surface area contributed by atoms with Crippen molar-refractivity contribution in [2.75, 3.05) is 28.6 Å². The highest BCUT2D eigenvalue weighted by atomic mass is 16.2. The standard InChI is InChI=1S/C38H42N8O/c1-36(2)24-41-33-20-28(7-9-30(33)36)46(29-8-10-31-34(21-29)42-25-37(31,3)4)35(47)32-6-5-15-43-38(32,44-22-26-11-16-39-17-12-26)45-23-27-13-18-40-19-14-27/h5-21,41-45H,22-25H2,1-4H3. The molecule has 5 heterocycles. The highest BCUT2D eigenvalue weighted by Crippen LogP contribution is 2.43. The molecule has 3 aliphatic heterocycles. The van der Waals surface area contributed by atoms with Crippen LogP contribution in [-0.2, 0) is 28.7 Å². The van der Waals surface area contributed by atoms with Crippen molar-refractivity contribution in [1.29, 1.82) is 0 Å². The van der Waals surface area contributed by atoms with E-state index in [1.165, 1.54) is 11.1 Å². The number of nitrogens with one attached hydrogen (secondary N) is 5. The first kappa shape index (κ1) is 30.7. The molecule has 0 fully saturated rings. The molecule has 7 rings (SSSR count). The van der Waals surface area contributed by atoms with E-state index in [2.05, 4.69) is 101 Å². The SMILES string of the molecule is CC1(C)CNc2cc(N(C(=O)C3=CC=CNC3(NCc3ccncc3)NCc3ccncc3)c3ccc4c(c3)NCC4(C)C)ccc21. The van der Waals surface area contributed by atoms with Crippen LogP contribution in [-0.4, -0.2) is 34.8 Å². The fourth-order valence-electron chi connectivity index (χ4n) is 6.72. The van der Waals surface area contributed by atoms with Crippen molar-refractivity contribution in [1.82, 2.24) is 25.9 Å². The van der Waals surface area contributed by atoms with Crippen LogP contribution in [0.5, 0.6) is 0 Å². The van der Waals surface area contributed by atoms with Gasteiger partial charge in [0.2, 0.25) is 0 Å². The topological polar surface area (TPSA) is 106 Å². The zero-order valence-electron chi connectivity index (χ0n) is 27.4. The van der Waals surface area contributed by atoms with Crippen molar-refractivity contribution < 1.29 is 4.79 Å². The van der Waals surface area contributed by atoms with Gasteiger partial charge in [0.05, 0.1) is 16.9 Å². The number of benzene rings is 2. The molecule has 5 N–H and O–H groups in total. The minimum atomic E-state index is -1.09. The van der Waals surface area contributed by atoms with E-state index in [9.17, 15) is 0 Å². The summed E-state index contributed by atoms with van der Waals surface area (Å²) in [6.07, 6.45) is 12.7. The second-order valence-electron chi connectivity index (χ2n) is 13.8. The minimum absolute atomic E-state index is 0.00922. The summed E-state index contributed by atoms with van der Waals surface area (Å²) in [6, 6.07) is 20.5. The van der Waals surface area contributed by atoms with Crippen LogP contribution in [0, 0.1) is 0 Å². The lowest BCUT2D eigenvalue weighted by molar-refractivity contribution is -0.115. The van der Waals surface area contributed by atoms with Crippen LogP contribution in [0.3, 0.4) is 0 Å². The van der Waals surface area contributed by atoms with Crippen LogP contribution in [0.2, 0.25) is 0 Å². The maximum absolute atomic E-state index is 15.2. The quantitative estimate of drug-likeness (QED) is 0.148. The van der Waals surface area contributed by atoms with Crippen LogP contribution in [0.15, 0.2) is 109 Å². The van der Waals surface area contributed by atoms with E-state index in [4.69, 9.17) is 0 Å². The smallest absolute Gasteiger partial charge is 0.263 e. The van der Waals surface area contributed by atoms with E-state index in [-0.39, 0.29) is 16.7 Å². The van der Waals surface area contributed by atoms with E-state index in [0.717, 1.165) is 47.0 Å². The van der Waals surface area contributed by atoms with Crippen molar-refractivity contribution in [3.05, 3.63) is 132 Å². The number of pyridine rings is 2. The molecule has 9 nitrogen and oxygen atoms in total. The number of carbonyl (C=O) groups is 1. The zero-order chi connectivity index (χ0) is 32.6. The fourth-order valence-corrected chi connectivity index (χ4v) is 6.72. The first-order valence-electron chi connectivity index (χ1n) is 16.2. The molecule has 0 saturated heterocycles. The van der Waals surface area contributed by atoms with Gasteiger partial charge in [0.1, 0.15) is 0 Å². The summed E-state index contributed by atoms with van der Waals surface area (Å²) in [5, 5.41) is 18.0.